The maximum atomic E-state index is 2.57. The van der Waals surface area contributed by atoms with Crippen LogP contribution in [-0.2, 0) is 6.42 Å². The van der Waals surface area contributed by atoms with Crippen LogP contribution in [0.5, 0.6) is 0 Å². The zero-order valence-corrected chi connectivity index (χ0v) is 32.3. The van der Waals surface area contributed by atoms with Crippen LogP contribution in [-0.4, -0.2) is 0 Å². The van der Waals surface area contributed by atoms with Gasteiger partial charge in [0.15, 0.2) is 0 Å². The van der Waals surface area contributed by atoms with Crippen LogP contribution in [0.3, 0.4) is 0 Å². The summed E-state index contributed by atoms with van der Waals surface area (Å²) in [6.45, 7) is 0. The summed E-state index contributed by atoms with van der Waals surface area (Å²) in [5.74, 6) is 0. The Bertz CT molecular complexity index is 2170. The van der Waals surface area contributed by atoms with Gasteiger partial charge in [0.1, 0.15) is 0 Å². The molecule has 7 aromatic carbocycles. The molecule has 0 unspecified atom stereocenters. The zero-order valence-electron chi connectivity index (χ0n) is 26.2. The van der Waals surface area contributed by atoms with E-state index in [0.717, 1.165) is 12.8 Å². The second-order valence-corrected chi connectivity index (χ2v) is 18.6. The van der Waals surface area contributed by atoms with Crippen molar-refractivity contribution in [2.45, 2.75) is 12.8 Å². The van der Waals surface area contributed by atoms with E-state index in [2.05, 4.69) is 215 Å². The van der Waals surface area contributed by atoms with Crippen LogP contribution in [0, 0.1) is 3.57 Å². The lowest BCUT2D eigenvalue weighted by Crippen LogP contribution is -2.27. The minimum atomic E-state index is -0.849. The largest absolute Gasteiger partial charge is 0.0702 e. The molecule has 232 valence electrons. The minimum Gasteiger partial charge on any atom is -0.0702 e. The first kappa shape index (κ1) is 32.1. The molecule has 0 N–H and O–H groups in total. The summed E-state index contributed by atoms with van der Waals surface area (Å²) in [5, 5.41) is 11.0. The number of benzene rings is 7. The third-order valence-corrected chi connectivity index (χ3v) is 16.0. The lowest BCUT2D eigenvalue weighted by atomic mass is 9.87. The van der Waals surface area contributed by atoms with E-state index in [0.29, 0.717) is 0 Å². The Morgan fingerprint density at radius 3 is 1.42 bits per heavy atom. The van der Waals surface area contributed by atoms with Crippen LogP contribution in [0.25, 0.3) is 25.5 Å². The fourth-order valence-corrected chi connectivity index (χ4v) is 13.4. The predicted octanol–water partition coefficient (Wildman–Crippen LogP) is 10.3. The van der Waals surface area contributed by atoms with Crippen molar-refractivity contribution < 1.29 is 0 Å². The van der Waals surface area contributed by atoms with Gasteiger partial charge in [-0.2, -0.15) is 0 Å². The molecular formula is C44H32I2P2. The van der Waals surface area contributed by atoms with Crippen molar-refractivity contribution in [3.63, 3.8) is 0 Å². The molecule has 0 radical (unpaired) electrons. The van der Waals surface area contributed by atoms with E-state index in [-0.39, 0.29) is 0 Å². The van der Waals surface area contributed by atoms with Crippen LogP contribution in [0.15, 0.2) is 170 Å². The van der Waals surface area contributed by atoms with Crippen LogP contribution in [0.1, 0.15) is 17.5 Å². The third kappa shape index (κ3) is 6.11. The van der Waals surface area contributed by atoms with Gasteiger partial charge in [0.25, 0.3) is 0 Å². The van der Waals surface area contributed by atoms with Crippen molar-refractivity contribution in [1.29, 1.82) is 0 Å². The van der Waals surface area contributed by atoms with E-state index in [9.17, 15) is 0 Å². The van der Waals surface area contributed by atoms with Gasteiger partial charge in [0.05, 0.1) is 0 Å². The van der Waals surface area contributed by atoms with Crippen molar-refractivity contribution in [3.05, 3.63) is 185 Å². The molecule has 0 aliphatic heterocycles. The highest BCUT2D eigenvalue weighted by atomic mass is 127. The summed E-state index contributed by atoms with van der Waals surface area (Å²) in [5.41, 5.74) is 5.72. The zero-order chi connectivity index (χ0) is 32.5. The van der Waals surface area contributed by atoms with Gasteiger partial charge in [0, 0.05) is 7.15 Å². The Hall–Kier alpha value is -3.14. The Morgan fingerprint density at radius 1 is 0.417 bits per heavy atom. The summed E-state index contributed by atoms with van der Waals surface area (Å²) >= 11 is 5.10. The highest BCUT2D eigenvalue weighted by molar-refractivity contribution is 14.1. The summed E-state index contributed by atoms with van der Waals surface area (Å²) < 4.78 is 2.64. The molecule has 4 heteroatoms. The molecule has 0 aromatic heterocycles. The monoisotopic (exact) mass is 876 g/mol. The number of rotatable bonds is 7. The Kier molecular flexibility index (Phi) is 9.61. The topological polar surface area (TPSA) is 0 Å². The number of hydrogen-bond donors (Lipinski definition) is 0. The van der Waals surface area contributed by atoms with Crippen LogP contribution in [0.2, 0.25) is 0 Å². The molecule has 7 aromatic rings. The molecule has 1 aliphatic carbocycles. The van der Waals surface area contributed by atoms with Crippen molar-refractivity contribution in [2.75, 3.05) is 0 Å². The van der Waals surface area contributed by atoms with Crippen LogP contribution >= 0.6 is 61.0 Å². The Balaban J connectivity index is 1.54. The summed E-state index contributed by atoms with van der Waals surface area (Å²) in [6, 6.07) is 61.4. The van der Waals surface area contributed by atoms with Gasteiger partial charge in [-0.3, -0.25) is 0 Å². The smallest absolute Gasteiger partial charge is 0.0209 e. The molecule has 0 saturated heterocycles. The normalized spacial score (nSPS) is 12.7. The van der Waals surface area contributed by atoms with Gasteiger partial charge in [-0.25, -0.2) is 0 Å². The third-order valence-electron chi connectivity index (χ3n) is 9.04. The second kappa shape index (κ2) is 14.4. The lowest BCUT2D eigenvalue weighted by molar-refractivity contribution is 0.989. The molecule has 0 saturated carbocycles. The standard InChI is InChI=1S/C44H32I2P2/c45-39-25-13-23-37-35(39)27-29-41(47(31-15-5-1-6-16-31)32-17-7-2-8-18-32)43(37)44-38-24-14-26-40(46)36(38)28-30-42(44)48(33-19-9-3-10-20-33)34-21-11-4-12-22-34/h1-13,15-23,25-30H,14,24H2. The molecule has 0 fully saturated rings. The molecule has 48 heavy (non-hydrogen) atoms. The number of allylic oxidation sites excluding steroid dienone is 1. The average Bonchev–Trinajstić information content (AvgIpc) is 3.14. The van der Waals surface area contributed by atoms with E-state index >= 15 is 0 Å². The molecule has 0 amide bonds. The maximum absolute atomic E-state index is 2.57. The predicted molar refractivity (Wildman–Crippen MR) is 230 cm³/mol. The van der Waals surface area contributed by atoms with Gasteiger partial charge >= 0.3 is 0 Å². The molecule has 0 bridgehead atoms. The summed E-state index contributed by atoms with van der Waals surface area (Å²) in [6.07, 6.45) is 4.50. The van der Waals surface area contributed by atoms with E-state index in [1.165, 1.54) is 72.0 Å². The average molecular weight is 876 g/mol. The summed E-state index contributed by atoms with van der Waals surface area (Å²) in [4.78, 5) is 0. The van der Waals surface area contributed by atoms with Crippen molar-refractivity contribution in [1.82, 2.24) is 0 Å². The van der Waals surface area contributed by atoms with Gasteiger partial charge in [-0.15, -0.1) is 0 Å². The Labute approximate surface area is 313 Å². The van der Waals surface area contributed by atoms with Gasteiger partial charge in [-0.05, 0) is 145 Å². The van der Waals surface area contributed by atoms with E-state index in [4.69, 9.17) is 0 Å². The van der Waals surface area contributed by atoms with Crippen molar-refractivity contribution >= 4 is 107 Å². The van der Waals surface area contributed by atoms with Gasteiger partial charge in [-0.1, -0.05) is 164 Å². The van der Waals surface area contributed by atoms with Gasteiger partial charge < -0.3 is 0 Å². The van der Waals surface area contributed by atoms with E-state index in [1.807, 2.05) is 0 Å². The molecule has 0 heterocycles. The number of hydrogen-bond acceptors (Lipinski definition) is 0. The lowest BCUT2D eigenvalue weighted by Gasteiger charge is -2.31. The first-order chi connectivity index (χ1) is 23.7. The SMILES string of the molecule is IC1=CCCc2c1ccc(P(c1ccccc1)c1ccccc1)c2-c1c(P(c2ccccc2)c2ccccc2)ccc2c(I)cccc12. The quantitative estimate of drug-likeness (QED) is 0.111. The molecule has 1 aliphatic rings. The van der Waals surface area contributed by atoms with Crippen molar-refractivity contribution in [3.8, 4) is 11.1 Å². The summed E-state index contributed by atoms with van der Waals surface area (Å²) in [7, 11) is -1.69. The molecular weight excluding hydrogens is 844 g/mol. The molecule has 0 nitrogen and oxygen atoms in total. The fraction of sp³-hybridized carbons (Fsp3) is 0.0455. The molecule has 0 spiro atoms. The van der Waals surface area contributed by atoms with Crippen LogP contribution < -0.4 is 31.8 Å². The highest BCUT2D eigenvalue weighted by Gasteiger charge is 2.30. The minimum absolute atomic E-state index is 0.840. The fourth-order valence-electron chi connectivity index (χ4n) is 6.96. The molecule has 0 atom stereocenters. The molecule has 8 rings (SSSR count). The second-order valence-electron chi connectivity index (χ2n) is 11.9. The first-order valence-electron chi connectivity index (χ1n) is 16.2. The van der Waals surface area contributed by atoms with Crippen molar-refractivity contribution in [2.24, 2.45) is 0 Å². The van der Waals surface area contributed by atoms with Crippen LogP contribution in [0.4, 0.5) is 0 Å². The number of fused-ring (bicyclic) bond motifs is 2. The Morgan fingerprint density at radius 2 is 0.896 bits per heavy atom. The maximum Gasteiger partial charge on any atom is 0.0209 e. The van der Waals surface area contributed by atoms with E-state index in [1.54, 1.807) is 0 Å². The van der Waals surface area contributed by atoms with E-state index < -0.39 is 15.8 Å². The number of halogens is 2. The highest BCUT2D eigenvalue weighted by Crippen LogP contribution is 2.47. The first-order valence-corrected chi connectivity index (χ1v) is 21.1. The van der Waals surface area contributed by atoms with Gasteiger partial charge in [0.2, 0.25) is 0 Å².